The Labute approximate surface area is 136 Å². The van der Waals surface area contributed by atoms with Crippen LogP contribution in [0.5, 0.6) is 0 Å². The number of amides is 1. The van der Waals surface area contributed by atoms with Crippen molar-refractivity contribution in [1.29, 1.82) is 0 Å². The van der Waals surface area contributed by atoms with E-state index < -0.39 is 0 Å². The topological polar surface area (TPSA) is 28.5 Å². The molecule has 1 aliphatic heterocycles. The van der Waals surface area contributed by atoms with Gasteiger partial charge in [-0.05, 0) is 37.9 Å². The summed E-state index contributed by atoms with van der Waals surface area (Å²) in [6.07, 6.45) is 4.14. The van der Waals surface area contributed by atoms with Crippen LogP contribution in [-0.2, 0) is 11.3 Å². The largest absolute Gasteiger partial charge is 0.338 e. The Morgan fingerprint density at radius 2 is 2.05 bits per heavy atom. The van der Waals surface area contributed by atoms with Crippen LogP contribution in [0.4, 0.5) is 0 Å². The van der Waals surface area contributed by atoms with Crippen LogP contribution in [0.1, 0.15) is 0 Å². The highest BCUT2D eigenvalue weighted by Crippen LogP contribution is 2.24. The van der Waals surface area contributed by atoms with Crippen molar-refractivity contribution in [1.82, 2.24) is 14.4 Å². The van der Waals surface area contributed by atoms with Crippen LogP contribution < -0.4 is 0 Å². The molecule has 1 saturated heterocycles. The van der Waals surface area contributed by atoms with Gasteiger partial charge in [-0.2, -0.15) is 11.8 Å². The van der Waals surface area contributed by atoms with Gasteiger partial charge in [0.2, 0.25) is 5.91 Å². The molecule has 1 fully saturated rings. The van der Waals surface area contributed by atoms with Gasteiger partial charge in [-0.25, -0.2) is 0 Å². The predicted octanol–water partition coefficient (Wildman–Crippen LogP) is 2.15. The number of para-hydroxylation sites is 1. The Kier molecular flexibility index (Phi) is 4.45. The molecule has 1 aliphatic rings. The van der Waals surface area contributed by atoms with Gasteiger partial charge in [0.25, 0.3) is 0 Å². The number of fused-ring (bicyclic) bond motifs is 1. The van der Waals surface area contributed by atoms with E-state index in [1.807, 2.05) is 35.0 Å². The monoisotopic (exact) mass is 317 g/mol. The zero-order chi connectivity index (χ0) is 15.7. The molecule has 4 nitrogen and oxygen atoms in total. The summed E-state index contributed by atoms with van der Waals surface area (Å²) >= 11 is 1.86. The van der Waals surface area contributed by atoms with Crippen molar-refractivity contribution in [2.75, 3.05) is 33.4 Å². The molecule has 1 aromatic heterocycles. The third kappa shape index (κ3) is 2.88. The van der Waals surface area contributed by atoms with Crippen molar-refractivity contribution in [2.45, 2.75) is 17.8 Å². The van der Waals surface area contributed by atoms with E-state index in [0.29, 0.717) is 17.8 Å². The molecule has 0 spiro atoms. The molecular formula is C17H23N3OS. The normalized spacial score (nSPS) is 21.9. The number of aromatic nitrogens is 1. The molecule has 0 bridgehead atoms. The van der Waals surface area contributed by atoms with Crippen molar-refractivity contribution in [2.24, 2.45) is 0 Å². The Morgan fingerprint density at radius 3 is 2.73 bits per heavy atom. The highest BCUT2D eigenvalue weighted by Gasteiger charge is 2.35. The Balaban J connectivity index is 1.72. The first-order chi connectivity index (χ1) is 10.6. The smallest absolute Gasteiger partial charge is 0.242 e. The van der Waals surface area contributed by atoms with E-state index >= 15 is 0 Å². The highest BCUT2D eigenvalue weighted by atomic mass is 32.2. The number of hydrogen-bond donors (Lipinski definition) is 0. The SMILES string of the molecule is CSC1CN(C(=O)Cn2ccc3ccccc32)CC1N(C)C. The highest BCUT2D eigenvalue weighted by molar-refractivity contribution is 7.99. The standard InChI is InChI=1S/C17H23N3OS/c1-18(2)15-10-20(11-16(15)22-3)17(21)12-19-9-8-13-6-4-5-7-14(13)19/h4-9,15-16H,10-12H2,1-3H3. The summed E-state index contributed by atoms with van der Waals surface area (Å²) in [6, 6.07) is 10.7. The number of carbonyl (C=O) groups excluding carboxylic acids is 1. The average Bonchev–Trinajstić information content (AvgIpc) is 3.12. The zero-order valence-electron chi connectivity index (χ0n) is 13.4. The minimum absolute atomic E-state index is 0.213. The summed E-state index contributed by atoms with van der Waals surface area (Å²) in [5.41, 5.74) is 1.13. The lowest BCUT2D eigenvalue weighted by atomic mass is 10.2. The van der Waals surface area contributed by atoms with Crippen molar-refractivity contribution < 1.29 is 4.79 Å². The second kappa shape index (κ2) is 6.34. The van der Waals surface area contributed by atoms with E-state index in [0.717, 1.165) is 18.6 Å². The summed E-state index contributed by atoms with van der Waals surface area (Å²) in [5.74, 6) is 0.213. The molecule has 3 rings (SSSR count). The van der Waals surface area contributed by atoms with Gasteiger partial charge in [0, 0.05) is 36.1 Å². The quantitative estimate of drug-likeness (QED) is 0.865. The van der Waals surface area contributed by atoms with E-state index in [2.05, 4.69) is 48.0 Å². The molecule has 2 heterocycles. The van der Waals surface area contributed by atoms with Gasteiger partial charge < -0.3 is 14.4 Å². The molecule has 1 amide bonds. The van der Waals surface area contributed by atoms with Crippen LogP contribution >= 0.6 is 11.8 Å². The molecule has 1 aromatic carbocycles. The lowest BCUT2D eigenvalue weighted by molar-refractivity contribution is -0.130. The maximum Gasteiger partial charge on any atom is 0.242 e. The fraction of sp³-hybridized carbons (Fsp3) is 0.471. The molecule has 0 saturated carbocycles. The molecule has 2 atom stereocenters. The minimum atomic E-state index is 0.213. The molecule has 2 unspecified atom stereocenters. The number of benzene rings is 1. The molecule has 118 valence electrons. The Bertz CT molecular complexity index is 667. The second-order valence-electron chi connectivity index (χ2n) is 6.11. The van der Waals surface area contributed by atoms with E-state index in [9.17, 15) is 4.79 Å². The van der Waals surface area contributed by atoms with Crippen LogP contribution in [-0.4, -0.2) is 65.0 Å². The van der Waals surface area contributed by atoms with Crippen molar-refractivity contribution in [3.05, 3.63) is 36.5 Å². The lowest BCUT2D eigenvalue weighted by Gasteiger charge is -2.23. The van der Waals surface area contributed by atoms with E-state index in [1.54, 1.807) is 0 Å². The predicted molar refractivity (Wildman–Crippen MR) is 93.3 cm³/mol. The molecular weight excluding hydrogens is 294 g/mol. The number of likely N-dealkylation sites (N-methyl/N-ethyl adjacent to an activating group) is 1. The lowest BCUT2D eigenvalue weighted by Crippen LogP contribution is -2.37. The van der Waals surface area contributed by atoms with Crippen LogP contribution in [0.25, 0.3) is 10.9 Å². The first-order valence-electron chi connectivity index (χ1n) is 7.61. The Morgan fingerprint density at radius 1 is 1.27 bits per heavy atom. The van der Waals surface area contributed by atoms with Gasteiger partial charge in [-0.1, -0.05) is 18.2 Å². The summed E-state index contributed by atoms with van der Waals surface area (Å²) in [7, 11) is 4.20. The molecule has 5 heteroatoms. The Hall–Kier alpha value is -1.46. The molecule has 22 heavy (non-hydrogen) atoms. The summed E-state index contributed by atoms with van der Waals surface area (Å²) in [4.78, 5) is 16.9. The van der Waals surface area contributed by atoms with Crippen molar-refractivity contribution in [3.8, 4) is 0 Å². The summed E-state index contributed by atoms with van der Waals surface area (Å²) < 4.78 is 2.05. The molecule has 0 radical (unpaired) electrons. The van der Waals surface area contributed by atoms with Gasteiger partial charge >= 0.3 is 0 Å². The number of likely N-dealkylation sites (tertiary alicyclic amines) is 1. The number of hydrogen-bond acceptors (Lipinski definition) is 3. The molecule has 0 N–H and O–H groups in total. The van der Waals surface area contributed by atoms with Crippen LogP contribution in [0.2, 0.25) is 0 Å². The van der Waals surface area contributed by atoms with Crippen LogP contribution in [0.15, 0.2) is 36.5 Å². The summed E-state index contributed by atoms with van der Waals surface area (Å²) in [5, 5.41) is 1.69. The van der Waals surface area contributed by atoms with E-state index in [4.69, 9.17) is 0 Å². The third-order valence-electron chi connectivity index (χ3n) is 4.54. The van der Waals surface area contributed by atoms with E-state index in [-0.39, 0.29) is 5.91 Å². The molecule has 0 aliphatic carbocycles. The number of nitrogens with zero attached hydrogens (tertiary/aromatic N) is 3. The average molecular weight is 317 g/mol. The minimum Gasteiger partial charge on any atom is -0.338 e. The van der Waals surface area contributed by atoms with E-state index in [1.165, 1.54) is 5.39 Å². The number of rotatable bonds is 4. The first kappa shape index (κ1) is 15.4. The van der Waals surface area contributed by atoms with Gasteiger partial charge in [-0.15, -0.1) is 0 Å². The van der Waals surface area contributed by atoms with Gasteiger partial charge in [-0.3, -0.25) is 4.79 Å². The maximum absolute atomic E-state index is 12.7. The van der Waals surface area contributed by atoms with Gasteiger partial charge in [0.15, 0.2) is 0 Å². The third-order valence-corrected chi connectivity index (χ3v) is 5.61. The van der Waals surface area contributed by atoms with Crippen molar-refractivity contribution in [3.63, 3.8) is 0 Å². The zero-order valence-corrected chi connectivity index (χ0v) is 14.2. The fourth-order valence-corrected chi connectivity index (χ4v) is 4.18. The summed E-state index contributed by atoms with van der Waals surface area (Å²) in [6.45, 7) is 2.10. The first-order valence-corrected chi connectivity index (χ1v) is 8.90. The fourth-order valence-electron chi connectivity index (χ4n) is 3.21. The van der Waals surface area contributed by atoms with Gasteiger partial charge in [0.05, 0.1) is 0 Å². The van der Waals surface area contributed by atoms with Gasteiger partial charge in [0.1, 0.15) is 6.54 Å². The number of carbonyl (C=O) groups is 1. The maximum atomic E-state index is 12.7. The van der Waals surface area contributed by atoms with Crippen LogP contribution in [0, 0.1) is 0 Å². The van der Waals surface area contributed by atoms with Crippen molar-refractivity contribution >= 4 is 28.6 Å². The second-order valence-corrected chi connectivity index (χ2v) is 7.18. The number of thioether (sulfide) groups is 1. The van der Waals surface area contributed by atoms with Crippen LogP contribution in [0.3, 0.4) is 0 Å². The molecule has 2 aromatic rings.